The van der Waals surface area contributed by atoms with Crippen LogP contribution < -0.4 is 5.32 Å². The van der Waals surface area contributed by atoms with E-state index in [0.717, 1.165) is 17.7 Å². The summed E-state index contributed by atoms with van der Waals surface area (Å²) in [6.45, 7) is 1.86. The molecule has 0 aromatic carbocycles. The summed E-state index contributed by atoms with van der Waals surface area (Å²) in [5.74, 6) is -0.397. The van der Waals surface area contributed by atoms with E-state index in [2.05, 4.69) is 5.32 Å². The molecule has 1 aliphatic carbocycles. The molecule has 3 rings (SSSR count). The Bertz CT molecular complexity index is 488. The molecule has 9 heteroatoms. The molecule has 2 heterocycles. The zero-order valence-corrected chi connectivity index (χ0v) is 13.5. The normalized spacial score (nSPS) is 26.9. The third-order valence-electron chi connectivity index (χ3n) is 4.80. The van der Waals surface area contributed by atoms with Crippen molar-refractivity contribution in [3.63, 3.8) is 0 Å². The monoisotopic (exact) mass is 348 g/mol. The maximum absolute atomic E-state index is 12.5. The van der Waals surface area contributed by atoms with Gasteiger partial charge in [-0.1, -0.05) is 0 Å². The molecule has 0 radical (unpaired) electrons. The molecule has 24 heavy (non-hydrogen) atoms. The van der Waals surface area contributed by atoms with Crippen molar-refractivity contribution in [2.45, 2.75) is 37.5 Å². The van der Waals surface area contributed by atoms with Crippen LogP contribution in [0.25, 0.3) is 0 Å². The maximum atomic E-state index is 12.5. The van der Waals surface area contributed by atoms with Crippen LogP contribution in [0.15, 0.2) is 0 Å². The predicted molar refractivity (Wildman–Crippen MR) is 80.2 cm³/mol. The number of piperazine rings is 1. The number of amides is 2. The Kier molecular flexibility index (Phi) is 5.00. The summed E-state index contributed by atoms with van der Waals surface area (Å²) >= 11 is 0. The van der Waals surface area contributed by atoms with Gasteiger partial charge in [0, 0.05) is 38.8 Å². The van der Waals surface area contributed by atoms with Gasteiger partial charge in [0.15, 0.2) is 0 Å². The molecule has 0 aromatic heterocycles. The standard InChI is InChI=1S/C15H23F3N4O2/c16-15(17,18)10-22-4-3-12(14(22)24)21-7-5-20(6-8-21)9-13(23)19-11-1-2-11/h11-12H,1-10H2,(H,19,23)/t12-/m1/s1. The van der Waals surface area contributed by atoms with Crippen LogP contribution in [0.3, 0.4) is 0 Å². The zero-order valence-electron chi connectivity index (χ0n) is 13.5. The largest absolute Gasteiger partial charge is 0.406 e. The van der Waals surface area contributed by atoms with Crippen LogP contribution in [0.5, 0.6) is 0 Å². The number of nitrogens with one attached hydrogen (secondary N) is 1. The van der Waals surface area contributed by atoms with Crippen LogP contribution in [0.1, 0.15) is 19.3 Å². The minimum absolute atomic E-state index is 0.0271. The number of alkyl halides is 3. The number of hydrogen-bond acceptors (Lipinski definition) is 4. The smallest absolute Gasteiger partial charge is 0.352 e. The molecule has 2 amide bonds. The SMILES string of the molecule is O=C(CN1CCN([C@@H]2CCN(CC(F)(F)F)C2=O)CC1)NC1CC1. The molecule has 3 fully saturated rings. The first-order valence-corrected chi connectivity index (χ1v) is 8.43. The summed E-state index contributed by atoms with van der Waals surface area (Å²) in [6.07, 6.45) is -1.80. The van der Waals surface area contributed by atoms with Gasteiger partial charge in [-0.2, -0.15) is 13.2 Å². The molecule has 2 aliphatic heterocycles. The van der Waals surface area contributed by atoms with Gasteiger partial charge in [-0.15, -0.1) is 0 Å². The van der Waals surface area contributed by atoms with Crippen LogP contribution in [-0.2, 0) is 9.59 Å². The van der Waals surface area contributed by atoms with Crippen molar-refractivity contribution in [3.8, 4) is 0 Å². The van der Waals surface area contributed by atoms with Crippen molar-refractivity contribution in [1.29, 1.82) is 0 Å². The second-order valence-corrected chi connectivity index (χ2v) is 6.83. The van der Waals surface area contributed by atoms with Crippen molar-refractivity contribution >= 4 is 11.8 Å². The van der Waals surface area contributed by atoms with E-state index in [-0.39, 0.29) is 12.5 Å². The summed E-state index contributed by atoms with van der Waals surface area (Å²) in [6, 6.07) is -0.107. The fraction of sp³-hybridized carbons (Fsp3) is 0.867. The van der Waals surface area contributed by atoms with Crippen molar-refractivity contribution in [3.05, 3.63) is 0 Å². The molecule has 136 valence electrons. The highest BCUT2D eigenvalue weighted by Gasteiger charge is 2.42. The summed E-state index contributed by atoms with van der Waals surface area (Å²) in [5.41, 5.74) is 0. The van der Waals surface area contributed by atoms with Gasteiger partial charge >= 0.3 is 6.18 Å². The number of nitrogens with zero attached hydrogens (tertiary/aromatic N) is 3. The maximum Gasteiger partial charge on any atom is 0.406 e. The summed E-state index contributed by atoms with van der Waals surface area (Å²) in [4.78, 5) is 28.9. The first kappa shape index (κ1) is 17.5. The highest BCUT2D eigenvalue weighted by molar-refractivity contribution is 5.84. The Morgan fingerprint density at radius 1 is 1.08 bits per heavy atom. The van der Waals surface area contributed by atoms with E-state index >= 15 is 0 Å². The fourth-order valence-corrected chi connectivity index (χ4v) is 3.37. The van der Waals surface area contributed by atoms with Gasteiger partial charge in [0.25, 0.3) is 0 Å². The lowest BCUT2D eigenvalue weighted by atomic mass is 10.2. The van der Waals surface area contributed by atoms with Gasteiger partial charge in [-0.05, 0) is 19.3 Å². The molecule has 3 aliphatic rings. The summed E-state index contributed by atoms with van der Waals surface area (Å²) in [7, 11) is 0. The van der Waals surface area contributed by atoms with Crippen LogP contribution in [0, 0.1) is 0 Å². The van der Waals surface area contributed by atoms with Crippen molar-refractivity contribution < 1.29 is 22.8 Å². The first-order chi connectivity index (χ1) is 11.3. The molecule has 0 spiro atoms. The lowest BCUT2D eigenvalue weighted by molar-refractivity contribution is -0.159. The summed E-state index contributed by atoms with van der Waals surface area (Å²) in [5, 5.41) is 2.94. The number of carbonyl (C=O) groups is 2. The quantitative estimate of drug-likeness (QED) is 0.763. The number of rotatable bonds is 5. The van der Waals surface area contributed by atoms with E-state index in [1.165, 1.54) is 0 Å². The van der Waals surface area contributed by atoms with Gasteiger partial charge < -0.3 is 10.2 Å². The molecule has 2 saturated heterocycles. The third kappa shape index (κ3) is 4.60. The number of likely N-dealkylation sites (tertiary alicyclic amines) is 1. The average Bonchev–Trinajstić information content (AvgIpc) is 3.23. The van der Waals surface area contributed by atoms with Crippen LogP contribution in [0.2, 0.25) is 0 Å². The molecule has 0 unspecified atom stereocenters. The molecule has 0 aromatic rings. The molecule has 1 atom stereocenters. The van der Waals surface area contributed by atoms with Gasteiger partial charge in [0.1, 0.15) is 6.54 Å². The minimum Gasteiger partial charge on any atom is -0.352 e. The Morgan fingerprint density at radius 3 is 2.33 bits per heavy atom. The van der Waals surface area contributed by atoms with Gasteiger partial charge in [-0.25, -0.2) is 0 Å². The zero-order chi connectivity index (χ0) is 17.3. The minimum atomic E-state index is -4.35. The van der Waals surface area contributed by atoms with Gasteiger partial charge in [-0.3, -0.25) is 19.4 Å². The second kappa shape index (κ2) is 6.87. The summed E-state index contributed by atoms with van der Waals surface area (Å²) < 4.78 is 37.4. The van der Waals surface area contributed by atoms with E-state index in [4.69, 9.17) is 0 Å². The molecular formula is C15H23F3N4O2. The van der Waals surface area contributed by atoms with E-state index in [1.54, 1.807) is 0 Å². The Labute approximate surface area is 138 Å². The van der Waals surface area contributed by atoms with Crippen LogP contribution in [0.4, 0.5) is 13.2 Å². The van der Waals surface area contributed by atoms with Crippen molar-refractivity contribution in [1.82, 2.24) is 20.0 Å². The predicted octanol–water partition coefficient (Wildman–Crippen LogP) is 0.0458. The number of halogens is 3. The lowest BCUT2D eigenvalue weighted by Crippen LogP contribution is -2.54. The average molecular weight is 348 g/mol. The highest BCUT2D eigenvalue weighted by Crippen LogP contribution is 2.24. The van der Waals surface area contributed by atoms with E-state index in [1.807, 2.05) is 9.80 Å². The molecule has 0 bridgehead atoms. The first-order valence-electron chi connectivity index (χ1n) is 8.43. The van der Waals surface area contributed by atoms with Crippen molar-refractivity contribution in [2.75, 3.05) is 45.8 Å². The van der Waals surface area contributed by atoms with Crippen molar-refractivity contribution in [2.24, 2.45) is 0 Å². The third-order valence-corrected chi connectivity index (χ3v) is 4.80. The number of hydrogen-bond donors (Lipinski definition) is 1. The lowest BCUT2D eigenvalue weighted by Gasteiger charge is -2.37. The Morgan fingerprint density at radius 2 is 1.75 bits per heavy atom. The van der Waals surface area contributed by atoms with E-state index in [0.29, 0.717) is 45.2 Å². The van der Waals surface area contributed by atoms with E-state index < -0.39 is 24.7 Å². The Hall–Kier alpha value is -1.35. The van der Waals surface area contributed by atoms with Crippen LogP contribution in [-0.4, -0.2) is 90.6 Å². The highest BCUT2D eigenvalue weighted by atomic mass is 19.4. The second-order valence-electron chi connectivity index (χ2n) is 6.83. The molecule has 1 saturated carbocycles. The van der Waals surface area contributed by atoms with Gasteiger partial charge in [0.2, 0.25) is 11.8 Å². The topological polar surface area (TPSA) is 55.9 Å². The van der Waals surface area contributed by atoms with Gasteiger partial charge in [0.05, 0.1) is 12.6 Å². The van der Waals surface area contributed by atoms with E-state index in [9.17, 15) is 22.8 Å². The molecule has 6 nitrogen and oxygen atoms in total. The molecular weight excluding hydrogens is 325 g/mol. The molecule has 1 N–H and O–H groups in total. The van der Waals surface area contributed by atoms with Crippen LogP contribution >= 0.6 is 0 Å². The fourth-order valence-electron chi connectivity index (χ4n) is 3.37. The number of carbonyl (C=O) groups excluding carboxylic acids is 2. The Balaban J connectivity index is 1.43.